The van der Waals surface area contributed by atoms with Crippen molar-refractivity contribution >= 4 is 89.3 Å². The number of rotatable bonds is 0. The van der Waals surface area contributed by atoms with Crippen LogP contribution in [0.4, 0.5) is 0 Å². The zero-order valence-corrected chi connectivity index (χ0v) is 20.7. The van der Waals surface area contributed by atoms with Gasteiger partial charge in [-0.3, -0.25) is 0 Å². The number of nitrogens with zero attached hydrogens (tertiary/aromatic N) is 7. The molecule has 0 atom stereocenters. The molecule has 0 aromatic heterocycles. The van der Waals surface area contributed by atoms with Gasteiger partial charge >= 0.3 is 89.3 Å². The van der Waals surface area contributed by atoms with E-state index in [9.17, 15) is 0 Å². The van der Waals surface area contributed by atoms with Crippen LogP contribution in [0, 0.1) is 107 Å². The molecule has 0 unspecified atom stereocenters. The molecule has 0 saturated carbocycles. The van der Waals surface area contributed by atoms with E-state index in [1.165, 1.54) is 0 Å². The first-order chi connectivity index (χ1) is 12.1. The number of hydrogen-bond acceptors (Lipinski definition) is 21. The Bertz CT molecular complexity index is 321. The van der Waals surface area contributed by atoms with Gasteiger partial charge in [-0.05, 0) is 0 Å². The van der Waals surface area contributed by atoms with Crippen molar-refractivity contribution in [2.24, 2.45) is 0 Å². The fraction of sp³-hybridized carbons (Fsp3) is 0. The molecule has 0 fully saturated rings. The minimum absolute atomic E-state index is 0. The fourth-order valence-electron chi connectivity index (χ4n) is 0. The van der Waals surface area contributed by atoms with E-state index in [0.29, 0.717) is 0 Å². The molecule has 0 N–H and O–H groups in total. The summed E-state index contributed by atoms with van der Waals surface area (Å²) in [5.41, 5.74) is 0. The molecule has 0 aromatic carbocycles. The average molecular weight is 623 g/mol. The summed E-state index contributed by atoms with van der Waals surface area (Å²) in [5, 5.41) is 103. The topological polar surface area (TPSA) is 463 Å². The van der Waals surface area contributed by atoms with Crippen LogP contribution in [0.15, 0.2) is 0 Å². The van der Waals surface area contributed by atoms with Gasteiger partial charge in [0.25, 0.3) is 0 Å². The second kappa shape index (κ2) is 56.4. The Morgan fingerprint density at radius 3 is 0.290 bits per heavy atom. The third-order valence-corrected chi connectivity index (χ3v) is 0. The van der Waals surface area contributed by atoms with Crippen LogP contribution in [0.2, 0.25) is 0 Å². The summed E-state index contributed by atoms with van der Waals surface area (Å²) in [6.07, 6.45) is 0. The molecule has 0 aliphatic heterocycles. The smallest absolute Gasteiger partial charge is 0.356 e. The third-order valence-electron chi connectivity index (χ3n) is 0. The maximum Gasteiger partial charge on any atom is 3.00 e. The van der Waals surface area contributed by atoms with Gasteiger partial charge in [-0.25, -0.2) is 0 Å². The van der Waals surface area contributed by atoms with Gasteiger partial charge < -0.3 is 107 Å². The van der Waals surface area contributed by atoms with Gasteiger partial charge in [-0.15, -0.1) is 0 Å². The van der Waals surface area contributed by atoms with Crippen molar-refractivity contribution in [1.82, 2.24) is 0 Å². The molecule has 0 aliphatic rings. The molecule has 0 aromatic rings. The molecule has 0 saturated heterocycles. The quantitative estimate of drug-likeness (QED) is 0.149. The van der Waals surface area contributed by atoms with Crippen molar-refractivity contribution in [3.05, 3.63) is 107 Å². The molecule has 31 heteroatoms. The Hall–Kier alpha value is -2.73. The Balaban J connectivity index is -0.0000000204. The van der Waals surface area contributed by atoms with Crippen LogP contribution in [0.5, 0.6) is 0 Å². The SMILES string of the molecule is O=[N+]([O-])[O-].O=[N+]([O-])[O-].O=[N+]([O-])[O-].O=[N+]([O-])[O-].O=[N+]([O-])[O-].O=[N+]([O-])[O-].O=[N+]([O-])[O-].[Al+3].[Ba+2].[Mg+2]. The maximum absolute atomic E-state index is 8.25. The van der Waals surface area contributed by atoms with E-state index in [2.05, 4.69) is 0 Å². The average Bonchev–Trinajstić information content (AvgIpc) is 2.20. The first-order valence-corrected chi connectivity index (χ1v) is 3.83. The molecule has 0 amide bonds. The second-order valence-electron chi connectivity index (χ2n) is 1.57. The summed E-state index contributed by atoms with van der Waals surface area (Å²) in [6.45, 7) is 0. The standard InChI is InChI=1S/Al.Ba.Mg.7NO3/c;;;7*2-1(3)4/q+3;2*+2;7*-1. The van der Waals surface area contributed by atoms with Crippen molar-refractivity contribution in [2.45, 2.75) is 0 Å². The Morgan fingerprint density at radius 1 is 0.290 bits per heavy atom. The minimum atomic E-state index is -1.75. The van der Waals surface area contributed by atoms with E-state index in [0.717, 1.165) is 0 Å². The molecule has 0 aliphatic carbocycles. The van der Waals surface area contributed by atoms with Crippen LogP contribution >= 0.6 is 0 Å². The zero-order chi connectivity index (χ0) is 25.0. The first kappa shape index (κ1) is 63.0. The summed E-state index contributed by atoms with van der Waals surface area (Å²) in [7, 11) is 0. The van der Waals surface area contributed by atoms with E-state index in [1.54, 1.807) is 0 Å². The molecule has 0 rings (SSSR count). The molecule has 168 valence electrons. The van der Waals surface area contributed by atoms with E-state index < -0.39 is 35.6 Å². The van der Waals surface area contributed by atoms with E-state index in [4.69, 9.17) is 107 Å². The van der Waals surface area contributed by atoms with Crippen LogP contribution < -0.4 is 0 Å². The monoisotopic (exact) mass is 623 g/mol. The summed E-state index contributed by atoms with van der Waals surface area (Å²) in [5.74, 6) is 0. The van der Waals surface area contributed by atoms with Crippen LogP contribution in [-0.2, 0) is 0 Å². The molecule has 0 bridgehead atoms. The summed E-state index contributed by atoms with van der Waals surface area (Å²) < 4.78 is 0. The van der Waals surface area contributed by atoms with Gasteiger partial charge in [0.05, 0.1) is 35.6 Å². The fourth-order valence-corrected chi connectivity index (χ4v) is 0. The van der Waals surface area contributed by atoms with Crippen LogP contribution in [0.3, 0.4) is 0 Å². The van der Waals surface area contributed by atoms with Crippen LogP contribution in [0.25, 0.3) is 0 Å². The molecular formula is AlBaMgN7O21. The van der Waals surface area contributed by atoms with Crippen molar-refractivity contribution < 1.29 is 35.6 Å². The zero-order valence-electron chi connectivity index (χ0n) is 13.7. The van der Waals surface area contributed by atoms with Gasteiger partial charge in [0, 0.05) is 0 Å². The molecule has 28 nitrogen and oxygen atoms in total. The Labute approximate surface area is 230 Å². The van der Waals surface area contributed by atoms with Gasteiger partial charge in [-0.2, -0.15) is 0 Å². The van der Waals surface area contributed by atoms with Gasteiger partial charge in [-0.1, -0.05) is 0 Å². The van der Waals surface area contributed by atoms with Crippen molar-refractivity contribution in [2.75, 3.05) is 0 Å². The normalized spacial score (nSPS) is 5.42. The van der Waals surface area contributed by atoms with E-state index in [1.807, 2.05) is 0 Å². The summed E-state index contributed by atoms with van der Waals surface area (Å²) in [6, 6.07) is 0. The molecule has 0 heterocycles. The predicted octanol–water partition coefficient (Wildman–Crippen LogP) is -2.82. The van der Waals surface area contributed by atoms with Crippen LogP contribution in [0.1, 0.15) is 0 Å². The Morgan fingerprint density at radius 2 is 0.290 bits per heavy atom. The van der Waals surface area contributed by atoms with Crippen molar-refractivity contribution in [3.8, 4) is 0 Å². The van der Waals surface area contributed by atoms with Crippen molar-refractivity contribution in [3.63, 3.8) is 0 Å². The second-order valence-corrected chi connectivity index (χ2v) is 1.57. The van der Waals surface area contributed by atoms with Crippen molar-refractivity contribution in [1.29, 1.82) is 0 Å². The number of hydrogen-bond donors (Lipinski definition) is 0. The largest absolute Gasteiger partial charge is 3.00 e. The summed E-state index contributed by atoms with van der Waals surface area (Å²) >= 11 is 0. The van der Waals surface area contributed by atoms with E-state index in [-0.39, 0.29) is 89.3 Å². The molecule has 0 radical (unpaired) electrons. The predicted molar refractivity (Wildman–Crippen MR) is 89.8 cm³/mol. The molecule has 31 heavy (non-hydrogen) atoms. The Kier molecular flexibility index (Phi) is 115. The molecular weight excluding hydrogens is 623 g/mol. The first-order valence-electron chi connectivity index (χ1n) is 3.83. The molecule has 0 spiro atoms. The van der Waals surface area contributed by atoms with Gasteiger partial charge in [0.2, 0.25) is 0 Å². The maximum atomic E-state index is 8.25. The van der Waals surface area contributed by atoms with E-state index >= 15 is 0 Å². The van der Waals surface area contributed by atoms with Crippen LogP contribution in [-0.4, -0.2) is 125 Å². The minimum Gasteiger partial charge on any atom is -0.356 e. The third kappa shape index (κ3) is 2340. The van der Waals surface area contributed by atoms with Gasteiger partial charge in [0.15, 0.2) is 0 Å². The summed E-state index contributed by atoms with van der Waals surface area (Å²) in [4.78, 5) is 57.8. The van der Waals surface area contributed by atoms with Gasteiger partial charge in [0.1, 0.15) is 0 Å².